The molecule has 0 bridgehead atoms. The molecule has 0 N–H and O–H groups in total. The number of benzene rings is 1. The van der Waals surface area contributed by atoms with Crippen LogP contribution in [0, 0.1) is 12.8 Å². The number of aryl methyl sites for hydroxylation is 1. The van der Waals surface area contributed by atoms with E-state index in [-0.39, 0.29) is 5.56 Å². The Labute approximate surface area is 130 Å². The highest BCUT2D eigenvalue weighted by Crippen LogP contribution is 2.36. The van der Waals surface area contributed by atoms with Crippen LogP contribution in [-0.4, -0.2) is 9.97 Å². The summed E-state index contributed by atoms with van der Waals surface area (Å²) in [7, 11) is 0. The Balaban J connectivity index is 2.34. The maximum Gasteiger partial charge on any atom is 0.275 e. The molecule has 0 unspecified atom stereocenters. The van der Waals surface area contributed by atoms with E-state index in [0.717, 1.165) is 16.8 Å². The molecule has 0 saturated carbocycles. The number of alkyl halides is 2. The molecule has 2 nitrogen and oxygen atoms in total. The predicted molar refractivity (Wildman–Crippen MR) is 85.0 cm³/mol. The molecule has 0 amide bonds. The van der Waals surface area contributed by atoms with Crippen molar-refractivity contribution in [1.82, 2.24) is 9.97 Å². The molecule has 0 saturated heterocycles. The van der Waals surface area contributed by atoms with E-state index in [1.807, 2.05) is 13.1 Å². The van der Waals surface area contributed by atoms with Gasteiger partial charge in [-0.2, -0.15) is 0 Å². The number of halogens is 2. The third-order valence-corrected chi connectivity index (χ3v) is 3.89. The molecule has 1 heterocycles. The molecule has 4 heteroatoms. The summed E-state index contributed by atoms with van der Waals surface area (Å²) in [6, 6.07) is 6.25. The van der Waals surface area contributed by atoms with Crippen molar-refractivity contribution in [2.75, 3.05) is 0 Å². The van der Waals surface area contributed by atoms with Crippen LogP contribution in [0.5, 0.6) is 0 Å². The maximum atomic E-state index is 14.0. The second-order valence-corrected chi connectivity index (χ2v) is 6.24. The molecular formula is C18H22F2N2. The molecule has 0 spiro atoms. The van der Waals surface area contributed by atoms with Gasteiger partial charge in [-0.15, -0.1) is 0 Å². The minimum absolute atomic E-state index is 0.0294. The molecule has 0 aliphatic heterocycles. The molecule has 2 rings (SSSR count). The Bertz CT molecular complexity index is 647. The van der Waals surface area contributed by atoms with Gasteiger partial charge in [0.25, 0.3) is 5.92 Å². The summed E-state index contributed by atoms with van der Waals surface area (Å²) in [5.41, 5.74) is 2.81. The first-order valence-corrected chi connectivity index (χ1v) is 7.55. The number of hydrogen-bond acceptors (Lipinski definition) is 2. The Morgan fingerprint density at radius 3 is 2.05 bits per heavy atom. The Morgan fingerprint density at radius 2 is 1.59 bits per heavy atom. The average molecular weight is 304 g/mol. The van der Waals surface area contributed by atoms with Crippen molar-refractivity contribution in [3.8, 4) is 11.4 Å². The summed E-state index contributed by atoms with van der Waals surface area (Å²) >= 11 is 0. The monoisotopic (exact) mass is 304 g/mol. The first kappa shape index (κ1) is 16.5. The molecular weight excluding hydrogens is 282 g/mol. The fourth-order valence-corrected chi connectivity index (χ4v) is 2.36. The standard InChI is InChI=1S/C18H22F2N2/c1-11(2)16-10-21-17(22-13(16)5)14-6-8-15(9-7-14)18(19,20)12(3)4/h6-12H,1-5H3. The van der Waals surface area contributed by atoms with Crippen molar-refractivity contribution < 1.29 is 8.78 Å². The lowest BCUT2D eigenvalue weighted by molar-refractivity contribution is -0.0513. The fourth-order valence-electron chi connectivity index (χ4n) is 2.36. The van der Waals surface area contributed by atoms with Crippen molar-refractivity contribution in [2.24, 2.45) is 5.92 Å². The smallest absolute Gasteiger partial charge is 0.236 e. The number of aromatic nitrogens is 2. The van der Waals surface area contributed by atoms with Crippen LogP contribution in [0.15, 0.2) is 30.5 Å². The fraction of sp³-hybridized carbons (Fsp3) is 0.444. The molecule has 2 aromatic rings. The van der Waals surface area contributed by atoms with Gasteiger partial charge >= 0.3 is 0 Å². The van der Waals surface area contributed by atoms with Crippen LogP contribution < -0.4 is 0 Å². The lowest BCUT2D eigenvalue weighted by atomic mass is 9.97. The molecule has 1 aromatic heterocycles. The topological polar surface area (TPSA) is 25.8 Å². The normalized spacial score (nSPS) is 12.2. The predicted octanol–water partition coefficient (Wildman–Crippen LogP) is 5.32. The molecule has 22 heavy (non-hydrogen) atoms. The number of rotatable bonds is 4. The zero-order valence-corrected chi connectivity index (χ0v) is 13.7. The minimum Gasteiger partial charge on any atom is -0.236 e. The Morgan fingerprint density at radius 1 is 1.00 bits per heavy atom. The first-order chi connectivity index (χ1) is 10.2. The Hall–Kier alpha value is -1.84. The van der Waals surface area contributed by atoms with Gasteiger partial charge in [0, 0.05) is 28.9 Å². The van der Waals surface area contributed by atoms with E-state index in [1.165, 1.54) is 26.0 Å². The van der Waals surface area contributed by atoms with Gasteiger partial charge in [-0.25, -0.2) is 18.7 Å². The molecule has 118 valence electrons. The van der Waals surface area contributed by atoms with Crippen molar-refractivity contribution in [3.05, 3.63) is 47.3 Å². The second-order valence-electron chi connectivity index (χ2n) is 6.24. The molecule has 0 fully saturated rings. The summed E-state index contributed by atoms with van der Waals surface area (Å²) < 4.78 is 28.0. The summed E-state index contributed by atoms with van der Waals surface area (Å²) in [6.45, 7) is 9.17. The van der Waals surface area contributed by atoms with Gasteiger partial charge < -0.3 is 0 Å². The second kappa shape index (κ2) is 6.11. The number of nitrogens with zero attached hydrogens (tertiary/aromatic N) is 2. The zero-order chi connectivity index (χ0) is 16.5. The van der Waals surface area contributed by atoms with Crippen LogP contribution in [0.3, 0.4) is 0 Å². The first-order valence-electron chi connectivity index (χ1n) is 7.55. The molecule has 0 atom stereocenters. The van der Waals surface area contributed by atoms with Gasteiger partial charge in [0.05, 0.1) is 0 Å². The highest BCUT2D eigenvalue weighted by molar-refractivity contribution is 5.56. The van der Waals surface area contributed by atoms with Crippen LogP contribution in [-0.2, 0) is 5.92 Å². The SMILES string of the molecule is Cc1nc(-c2ccc(C(F)(F)C(C)C)cc2)ncc1C(C)C. The molecule has 0 radical (unpaired) electrons. The molecule has 0 aliphatic carbocycles. The van der Waals surface area contributed by atoms with Gasteiger partial charge in [0.1, 0.15) is 0 Å². The summed E-state index contributed by atoms with van der Waals surface area (Å²) in [4.78, 5) is 8.85. The summed E-state index contributed by atoms with van der Waals surface area (Å²) in [6.07, 6.45) is 1.82. The highest BCUT2D eigenvalue weighted by atomic mass is 19.3. The van der Waals surface area contributed by atoms with Crippen LogP contribution in [0.1, 0.15) is 50.4 Å². The third-order valence-electron chi connectivity index (χ3n) is 3.89. The zero-order valence-electron chi connectivity index (χ0n) is 13.7. The lowest BCUT2D eigenvalue weighted by Gasteiger charge is -2.20. The van der Waals surface area contributed by atoms with E-state index in [4.69, 9.17) is 0 Å². The van der Waals surface area contributed by atoms with Crippen molar-refractivity contribution in [2.45, 2.75) is 46.5 Å². The van der Waals surface area contributed by atoms with Crippen LogP contribution in [0.25, 0.3) is 11.4 Å². The van der Waals surface area contributed by atoms with Gasteiger partial charge in [-0.05, 0) is 18.4 Å². The van der Waals surface area contributed by atoms with Crippen molar-refractivity contribution >= 4 is 0 Å². The van der Waals surface area contributed by atoms with Gasteiger partial charge in [0.2, 0.25) is 0 Å². The maximum absolute atomic E-state index is 14.0. The van der Waals surface area contributed by atoms with E-state index in [2.05, 4.69) is 23.8 Å². The van der Waals surface area contributed by atoms with E-state index in [0.29, 0.717) is 11.7 Å². The van der Waals surface area contributed by atoms with E-state index in [1.54, 1.807) is 12.1 Å². The average Bonchev–Trinajstić information content (AvgIpc) is 2.46. The quantitative estimate of drug-likeness (QED) is 0.763. The third kappa shape index (κ3) is 3.16. The van der Waals surface area contributed by atoms with Crippen LogP contribution >= 0.6 is 0 Å². The largest absolute Gasteiger partial charge is 0.275 e. The summed E-state index contributed by atoms with van der Waals surface area (Å²) in [5, 5.41) is 0. The summed E-state index contributed by atoms with van der Waals surface area (Å²) in [5.74, 6) is -2.62. The van der Waals surface area contributed by atoms with Crippen molar-refractivity contribution in [3.63, 3.8) is 0 Å². The lowest BCUT2D eigenvalue weighted by Crippen LogP contribution is -2.20. The van der Waals surface area contributed by atoms with E-state index in [9.17, 15) is 8.78 Å². The van der Waals surface area contributed by atoms with Crippen molar-refractivity contribution in [1.29, 1.82) is 0 Å². The van der Waals surface area contributed by atoms with E-state index < -0.39 is 11.8 Å². The Kier molecular flexibility index (Phi) is 4.59. The highest BCUT2D eigenvalue weighted by Gasteiger charge is 2.35. The van der Waals surface area contributed by atoms with Crippen LogP contribution in [0.4, 0.5) is 8.78 Å². The van der Waals surface area contributed by atoms with E-state index >= 15 is 0 Å². The van der Waals surface area contributed by atoms with Gasteiger partial charge in [-0.1, -0.05) is 52.0 Å². The molecule has 0 aliphatic rings. The van der Waals surface area contributed by atoms with Gasteiger partial charge in [0.15, 0.2) is 5.82 Å². The molecule has 1 aromatic carbocycles. The van der Waals surface area contributed by atoms with Crippen LogP contribution in [0.2, 0.25) is 0 Å². The number of hydrogen-bond donors (Lipinski definition) is 0. The van der Waals surface area contributed by atoms with Gasteiger partial charge in [-0.3, -0.25) is 0 Å². The minimum atomic E-state index is -2.82.